The normalized spacial score (nSPS) is 40.2. The average Bonchev–Trinajstić information content (AvgIpc) is 3.33. The summed E-state index contributed by atoms with van der Waals surface area (Å²) in [4.78, 5) is 29.5. The van der Waals surface area contributed by atoms with Gasteiger partial charge in [0.1, 0.15) is 23.0 Å². The van der Waals surface area contributed by atoms with Gasteiger partial charge in [0.25, 0.3) is 5.91 Å². The Morgan fingerprint density at radius 2 is 2.00 bits per heavy atom. The average molecular weight is 494 g/mol. The number of benzene rings is 1. The lowest BCUT2D eigenvalue weighted by Crippen LogP contribution is -2.90. The third kappa shape index (κ3) is 2.09. The Morgan fingerprint density at radius 1 is 1.25 bits per heavy atom. The van der Waals surface area contributed by atoms with Crippen LogP contribution in [-0.4, -0.2) is 68.7 Å². The van der Waals surface area contributed by atoms with E-state index < -0.39 is 39.7 Å². The molecule has 2 spiro atoms. The number of ether oxygens (including phenoxy) is 2. The van der Waals surface area contributed by atoms with Crippen LogP contribution < -0.4 is 10.1 Å². The molecule has 2 bridgehead atoms. The summed E-state index contributed by atoms with van der Waals surface area (Å²) < 4.78 is 12.9. The number of piperidine rings is 2. The third-order valence-electron chi connectivity index (χ3n) is 9.81. The van der Waals surface area contributed by atoms with E-state index in [0.717, 1.165) is 11.2 Å². The molecular formula is C27H31N3O6. The van der Waals surface area contributed by atoms with Crippen LogP contribution in [0.1, 0.15) is 58.1 Å². The number of carbonyl (C=O) groups is 2. The summed E-state index contributed by atoms with van der Waals surface area (Å²) in [7, 11) is 1.43. The van der Waals surface area contributed by atoms with Crippen molar-refractivity contribution in [1.29, 1.82) is 0 Å². The standard InChI is InChI=1S/C27H31N3O6/c1-23(2)11-9-14-16(36-23)8-7-15-18(14)30(34)19-24(3,4)17-13-25-10-6-12-29(25)22(32)26(17,28-21(25)31)20(35-5)27(15,19)33/h7-9,11,17,20,33H,6,10,12-13H2,1-5H3,(H,28,31)/t17-,20-,25+,26-,27?/m1/s1. The Labute approximate surface area is 209 Å². The lowest BCUT2D eigenvalue weighted by Gasteiger charge is -2.67. The van der Waals surface area contributed by atoms with E-state index in [1.54, 1.807) is 17.0 Å². The predicted octanol–water partition coefficient (Wildman–Crippen LogP) is 1.96. The van der Waals surface area contributed by atoms with Gasteiger partial charge in [-0.05, 0) is 71.2 Å². The molecule has 4 saturated heterocycles. The van der Waals surface area contributed by atoms with Crippen LogP contribution in [0.4, 0.5) is 5.69 Å². The zero-order valence-electron chi connectivity index (χ0n) is 21.2. The summed E-state index contributed by atoms with van der Waals surface area (Å²) in [5, 5.41) is 29.9. The van der Waals surface area contributed by atoms with Crippen molar-refractivity contribution >= 4 is 29.3 Å². The SMILES string of the molecule is CO[C@H]1C2(O)C(=[N+]([O-])c3c2ccc2c3C=CC(C)(C)O2)C(C)(C)[C@H]2C[C@]34CCCN3C(=O)[C@@]21NC4=O. The van der Waals surface area contributed by atoms with Crippen LogP contribution in [0.25, 0.3) is 6.08 Å². The van der Waals surface area contributed by atoms with Crippen molar-refractivity contribution in [2.75, 3.05) is 13.7 Å². The number of aliphatic hydroxyl groups is 1. The first-order valence-electron chi connectivity index (χ1n) is 12.7. The number of amides is 2. The topological polar surface area (TPSA) is 114 Å². The van der Waals surface area contributed by atoms with Crippen LogP contribution in [0.2, 0.25) is 0 Å². The Morgan fingerprint density at radius 3 is 2.72 bits per heavy atom. The van der Waals surface area contributed by atoms with E-state index in [-0.39, 0.29) is 17.5 Å². The van der Waals surface area contributed by atoms with Gasteiger partial charge in [0.05, 0.1) is 16.5 Å². The molecule has 2 amide bonds. The summed E-state index contributed by atoms with van der Waals surface area (Å²) in [6.07, 6.45) is 4.32. The summed E-state index contributed by atoms with van der Waals surface area (Å²) in [5.41, 5.74) is -4.30. The van der Waals surface area contributed by atoms with E-state index in [2.05, 4.69) is 5.32 Å². The fourth-order valence-corrected chi connectivity index (χ4v) is 8.45. The summed E-state index contributed by atoms with van der Waals surface area (Å²) in [6.45, 7) is 8.17. The van der Waals surface area contributed by atoms with Crippen LogP contribution in [0.5, 0.6) is 5.75 Å². The minimum Gasteiger partial charge on any atom is -0.618 e. The van der Waals surface area contributed by atoms with E-state index in [9.17, 15) is 19.9 Å². The highest BCUT2D eigenvalue weighted by Crippen LogP contribution is 2.65. The fourth-order valence-electron chi connectivity index (χ4n) is 8.45. The van der Waals surface area contributed by atoms with E-state index >= 15 is 0 Å². The van der Waals surface area contributed by atoms with Gasteiger partial charge in [-0.2, -0.15) is 4.74 Å². The molecule has 2 N–H and O–H groups in total. The number of nitrogens with one attached hydrogen (secondary N) is 1. The Kier molecular flexibility index (Phi) is 3.80. The van der Waals surface area contributed by atoms with Gasteiger partial charge in [0.2, 0.25) is 22.9 Å². The van der Waals surface area contributed by atoms with Crippen molar-refractivity contribution in [2.24, 2.45) is 11.3 Å². The number of fused-ring (bicyclic) bond motifs is 6. The first-order valence-corrected chi connectivity index (χ1v) is 12.7. The molecule has 9 nitrogen and oxygen atoms in total. The van der Waals surface area contributed by atoms with Crippen LogP contribution in [0.15, 0.2) is 18.2 Å². The quantitative estimate of drug-likeness (QED) is 0.457. The maximum absolute atomic E-state index is 14.2. The molecule has 190 valence electrons. The van der Waals surface area contributed by atoms with Crippen molar-refractivity contribution in [2.45, 2.75) is 75.3 Å². The van der Waals surface area contributed by atoms with Crippen LogP contribution in [0.3, 0.4) is 0 Å². The van der Waals surface area contributed by atoms with E-state index in [0.29, 0.717) is 42.0 Å². The minimum absolute atomic E-state index is 0.193. The number of hydrogen-bond donors (Lipinski definition) is 2. The van der Waals surface area contributed by atoms with Gasteiger partial charge < -0.3 is 30.0 Å². The number of hydrogen-bond acceptors (Lipinski definition) is 6. The van der Waals surface area contributed by atoms with E-state index in [1.165, 1.54) is 7.11 Å². The highest BCUT2D eigenvalue weighted by molar-refractivity contribution is 6.10. The van der Waals surface area contributed by atoms with Gasteiger partial charge in [-0.15, -0.1) is 0 Å². The second-order valence-electron chi connectivity index (χ2n) is 12.3. The first kappa shape index (κ1) is 22.3. The fraction of sp³-hybridized carbons (Fsp3) is 0.593. The van der Waals surface area contributed by atoms with Crippen molar-refractivity contribution in [3.05, 3.63) is 34.5 Å². The zero-order valence-corrected chi connectivity index (χ0v) is 21.2. The predicted molar refractivity (Wildman–Crippen MR) is 130 cm³/mol. The Hall–Kier alpha value is -2.91. The lowest BCUT2D eigenvalue weighted by atomic mass is 9.46. The van der Waals surface area contributed by atoms with Gasteiger partial charge >= 0.3 is 0 Å². The molecule has 7 aliphatic rings. The van der Waals surface area contributed by atoms with Gasteiger partial charge in [0, 0.05) is 19.6 Å². The second-order valence-corrected chi connectivity index (χ2v) is 12.3. The molecule has 8 rings (SSSR count). The van der Waals surface area contributed by atoms with Crippen molar-refractivity contribution < 1.29 is 28.9 Å². The third-order valence-corrected chi connectivity index (χ3v) is 9.81. The lowest BCUT2D eigenvalue weighted by molar-refractivity contribution is -0.371. The Balaban J connectivity index is 1.52. The van der Waals surface area contributed by atoms with E-state index in [1.807, 2.05) is 39.8 Å². The monoisotopic (exact) mass is 493 g/mol. The van der Waals surface area contributed by atoms with Crippen LogP contribution >= 0.6 is 0 Å². The summed E-state index contributed by atoms with van der Waals surface area (Å²) in [5.74, 6) is -0.298. The number of methoxy groups -OCH3 is 1. The first-order chi connectivity index (χ1) is 16.9. The smallest absolute Gasteiger partial charge is 0.252 e. The van der Waals surface area contributed by atoms with Crippen LogP contribution in [-0.2, 0) is 19.9 Å². The molecule has 1 unspecified atom stereocenters. The molecule has 9 heteroatoms. The minimum atomic E-state index is -1.93. The van der Waals surface area contributed by atoms with Gasteiger partial charge in [-0.25, -0.2) is 0 Å². The second kappa shape index (κ2) is 6.14. The zero-order chi connectivity index (χ0) is 25.6. The number of carbonyl (C=O) groups excluding carboxylic acids is 2. The summed E-state index contributed by atoms with van der Waals surface area (Å²) >= 11 is 0. The maximum Gasteiger partial charge on any atom is 0.252 e. The summed E-state index contributed by atoms with van der Waals surface area (Å²) in [6, 6.07) is 3.45. The largest absolute Gasteiger partial charge is 0.618 e. The molecule has 1 aromatic carbocycles. The molecule has 0 radical (unpaired) electrons. The van der Waals surface area contributed by atoms with Crippen LogP contribution in [0, 0.1) is 16.5 Å². The van der Waals surface area contributed by atoms with Gasteiger partial charge in [-0.1, -0.05) is 0 Å². The Bertz CT molecular complexity index is 1350. The highest BCUT2D eigenvalue weighted by Gasteiger charge is 2.83. The molecule has 1 aliphatic carbocycles. The number of piperazine rings is 1. The number of nitrogens with zero attached hydrogens (tertiary/aromatic N) is 2. The van der Waals surface area contributed by atoms with Crippen molar-refractivity contribution in [1.82, 2.24) is 10.2 Å². The number of rotatable bonds is 1. The molecule has 5 atom stereocenters. The molecule has 6 aliphatic heterocycles. The molecule has 5 fully saturated rings. The van der Waals surface area contributed by atoms with Gasteiger partial charge in [0.15, 0.2) is 5.54 Å². The maximum atomic E-state index is 14.2. The highest BCUT2D eigenvalue weighted by atomic mass is 16.5. The molecule has 1 aromatic rings. The van der Waals surface area contributed by atoms with E-state index in [4.69, 9.17) is 9.47 Å². The molecular weight excluding hydrogens is 462 g/mol. The molecule has 6 heterocycles. The van der Waals surface area contributed by atoms with Gasteiger partial charge in [-0.3, -0.25) is 9.59 Å². The molecule has 36 heavy (non-hydrogen) atoms. The molecule has 0 aromatic heterocycles. The van der Waals surface area contributed by atoms with Crippen molar-refractivity contribution in [3.63, 3.8) is 0 Å². The van der Waals surface area contributed by atoms with Crippen molar-refractivity contribution in [3.8, 4) is 5.75 Å². The molecule has 1 saturated carbocycles.